The molecule has 0 saturated carbocycles. The quantitative estimate of drug-likeness (QED) is 0.439. The Kier molecular flexibility index (Phi) is 10.7. The van der Waals surface area contributed by atoms with Gasteiger partial charge < -0.3 is 9.47 Å². The van der Waals surface area contributed by atoms with Gasteiger partial charge in [-0.1, -0.05) is 32.9 Å². The van der Waals surface area contributed by atoms with Crippen LogP contribution >= 0.6 is 0 Å². The van der Waals surface area contributed by atoms with E-state index in [1.165, 1.54) is 31.4 Å². The molecule has 1 aliphatic rings. The van der Waals surface area contributed by atoms with Crippen LogP contribution in [0.15, 0.2) is 24.3 Å². The number of methoxy groups -OCH3 is 1. The summed E-state index contributed by atoms with van der Waals surface area (Å²) >= 11 is 0. The van der Waals surface area contributed by atoms with Gasteiger partial charge in [0.15, 0.2) is 0 Å². The first-order valence-corrected chi connectivity index (χ1v) is 11.4. The first-order chi connectivity index (χ1) is 15.5. The number of ether oxygens (including phenoxy) is 2. The predicted octanol–water partition coefficient (Wildman–Crippen LogP) is 4.88. The molecule has 0 aliphatic carbocycles. The minimum atomic E-state index is -1.24. The number of benzene rings is 1. The van der Waals surface area contributed by atoms with E-state index >= 15 is 0 Å². The average molecular weight is 466 g/mol. The van der Waals surface area contributed by atoms with Crippen molar-refractivity contribution < 1.29 is 33.0 Å². The standard InChI is InChI=1S/C23H30FNO6.C2H6/c1-6-17(26)19(21(28)30-5)18(14-9-11-15(24)12-10-14)16-8-7-13-25(20(16)27)22(29)31-23(2,3)4;1-2/h9-12,16,18-19H,6-8,13H2,1-5H3;1-2H3. The van der Waals surface area contributed by atoms with Gasteiger partial charge >= 0.3 is 12.1 Å². The Labute approximate surface area is 195 Å². The molecule has 33 heavy (non-hydrogen) atoms. The van der Waals surface area contributed by atoms with E-state index in [2.05, 4.69) is 0 Å². The maximum absolute atomic E-state index is 13.6. The molecule has 7 nitrogen and oxygen atoms in total. The summed E-state index contributed by atoms with van der Waals surface area (Å²) in [5, 5.41) is 0. The zero-order chi connectivity index (χ0) is 25.3. The lowest BCUT2D eigenvalue weighted by Crippen LogP contribution is -2.50. The van der Waals surface area contributed by atoms with E-state index in [9.17, 15) is 23.6 Å². The highest BCUT2D eigenvalue weighted by Crippen LogP contribution is 2.40. The second-order valence-corrected chi connectivity index (χ2v) is 8.62. The molecule has 8 heteroatoms. The summed E-state index contributed by atoms with van der Waals surface area (Å²) in [5.41, 5.74) is -0.323. The smallest absolute Gasteiger partial charge is 0.417 e. The summed E-state index contributed by atoms with van der Waals surface area (Å²) in [5.74, 6) is -5.12. The molecule has 2 rings (SSSR count). The molecule has 0 aromatic heterocycles. The van der Waals surface area contributed by atoms with Crippen LogP contribution in [0.4, 0.5) is 9.18 Å². The molecule has 0 N–H and O–H groups in total. The summed E-state index contributed by atoms with van der Waals surface area (Å²) in [6.07, 6.45) is 0.150. The fraction of sp³-hybridized carbons (Fsp3) is 0.600. The Bertz CT molecular complexity index is 814. The van der Waals surface area contributed by atoms with E-state index in [0.717, 1.165) is 4.90 Å². The van der Waals surface area contributed by atoms with E-state index in [4.69, 9.17) is 9.47 Å². The van der Waals surface area contributed by atoms with Gasteiger partial charge in [0.1, 0.15) is 23.1 Å². The van der Waals surface area contributed by atoms with Crippen LogP contribution in [0.25, 0.3) is 0 Å². The Morgan fingerprint density at radius 1 is 1.15 bits per heavy atom. The number of amides is 2. The molecule has 1 saturated heterocycles. The molecular weight excluding hydrogens is 429 g/mol. The van der Waals surface area contributed by atoms with Gasteiger partial charge in [0.2, 0.25) is 5.91 Å². The van der Waals surface area contributed by atoms with E-state index in [1.54, 1.807) is 27.7 Å². The van der Waals surface area contributed by atoms with Crippen LogP contribution in [-0.4, -0.2) is 47.9 Å². The molecule has 0 bridgehead atoms. The summed E-state index contributed by atoms with van der Waals surface area (Å²) in [6.45, 7) is 10.9. The van der Waals surface area contributed by atoms with Crippen LogP contribution in [-0.2, 0) is 23.9 Å². The molecule has 1 aromatic carbocycles. The highest BCUT2D eigenvalue weighted by Gasteiger charge is 2.46. The molecule has 0 radical (unpaired) electrons. The molecular formula is C25H36FNO6. The minimum absolute atomic E-state index is 0.0636. The van der Waals surface area contributed by atoms with Crippen molar-refractivity contribution >= 4 is 23.8 Å². The van der Waals surface area contributed by atoms with E-state index < -0.39 is 47.1 Å². The molecule has 3 atom stereocenters. The number of likely N-dealkylation sites (tertiary alicyclic amines) is 1. The highest BCUT2D eigenvalue weighted by atomic mass is 19.1. The highest BCUT2D eigenvalue weighted by molar-refractivity contribution is 6.01. The summed E-state index contributed by atoms with van der Waals surface area (Å²) in [6, 6.07) is 5.34. The monoisotopic (exact) mass is 465 g/mol. The number of rotatable bonds is 6. The van der Waals surface area contributed by atoms with Crippen molar-refractivity contribution in [1.82, 2.24) is 4.90 Å². The fourth-order valence-electron chi connectivity index (χ4n) is 3.90. The van der Waals surface area contributed by atoms with Crippen molar-refractivity contribution in [1.29, 1.82) is 0 Å². The number of hydrogen-bond donors (Lipinski definition) is 0. The topological polar surface area (TPSA) is 90.0 Å². The second-order valence-electron chi connectivity index (χ2n) is 8.62. The maximum Gasteiger partial charge on any atom is 0.417 e. The Hall–Kier alpha value is -2.77. The van der Waals surface area contributed by atoms with Gasteiger partial charge in [0.25, 0.3) is 0 Å². The van der Waals surface area contributed by atoms with Crippen LogP contribution in [0.2, 0.25) is 0 Å². The largest absolute Gasteiger partial charge is 0.468 e. The lowest BCUT2D eigenvalue weighted by molar-refractivity contribution is -0.152. The maximum atomic E-state index is 13.6. The Morgan fingerprint density at radius 3 is 2.21 bits per heavy atom. The van der Waals surface area contributed by atoms with Gasteiger partial charge in [-0.2, -0.15) is 0 Å². The van der Waals surface area contributed by atoms with Gasteiger partial charge in [-0.05, 0) is 51.3 Å². The third kappa shape index (κ3) is 7.37. The molecule has 2 amide bonds. The molecule has 3 unspecified atom stereocenters. The van der Waals surface area contributed by atoms with Crippen molar-refractivity contribution in [3.8, 4) is 0 Å². The number of imide groups is 1. The normalized spacial score (nSPS) is 17.9. The Balaban J connectivity index is 0.00000265. The number of carbonyl (C=O) groups excluding carboxylic acids is 4. The van der Waals surface area contributed by atoms with E-state index in [0.29, 0.717) is 18.4 Å². The Morgan fingerprint density at radius 2 is 1.73 bits per heavy atom. The lowest BCUT2D eigenvalue weighted by atomic mass is 9.71. The molecule has 1 fully saturated rings. The van der Waals surface area contributed by atoms with Crippen molar-refractivity contribution in [2.45, 2.75) is 72.3 Å². The second kappa shape index (κ2) is 12.5. The van der Waals surface area contributed by atoms with E-state index in [-0.39, 0.29) is 18.7 Å². The number of nitrogens with zero attached hydrogens (tertiary/aromatic N) is 1. The third-order valence-electron chi connectivity index (χ3n) is 5.29. The number of carbonyl (C=O) groups is 4. The molecule has 184 valence electrons. The van der Waals surface area contributed by atoms with Crippen LogP contribution in [0, 0.1) is 17.7 Å². The summed E-state index contributed by atoms with van der Waals surface area (Å²) < 4.78 is 23.8. The molecule has 1 heterocycles. The number of halogens is 1. The van der Waals surface area contributed by atoms with Crippen LogP contribution < -0.4 is 0 Å². The number of Topliss-reactive ketones (excluding diaryl/α,β-unsaturated/α-hetero) is 1. The SMILES string of the molecule is CC.CCC(=O)C(C(=O)OC)C(c1ccc(F)cc1)C1CCCN(C(=O)OC(C)(C)C)C1=O. The number of hydrogen-bond acceptors (Lipinski definition) is 6. The van der Waals surface area contributed by atoms with Gasteiger partial charge in [-0.25, -0.2) is 14.1 Å². The van der Waals surface area contributed by atoms with Gasteiger partial charge in [0.05, 0.1) is 7.11 Å². The number of esters is 1. The van der Waals surface area contributed by atoms with Crippen molar-refractivity contribution in [2.24, 2.45) is 11.8 Å². The third-order valence-corrected chi connectivity index (χ3v) is 5.29. The van der Waals surface area contributed by atoms with Crippen LogP contribution in [0.1, 0.15) is 72.3 Å². The van der Waals surface area contributed by atoms with Crippen molar-refractivity contribution in [3.05, 3.63) is 35.6 Å². The van der Waals surface area contributed by atoms with Crippen LogP contribution in [0.5, 0.6) is 0 Å². The van der Waals surface area contributed by atoms with Crippen molar-refractivity contribution in [3.63, 3.8) is 0 Å². The predicted molar refractivity (Wildman–Crippen MR) is 122 cm³/mol. The molecule has 0 spiro atoms. The first-order valence-electron chi connectivity index (χ1n) is 11.4. The van der Waals surface area contributed by atoms with Gasteiger partial charge in [-0.15, -0.1) is 0 Å². The molecule has 1 aliphatic heterocycles. The summed E-state index contributed by atoms with van der Waals surface area (Å²) in [7, 11) is 1.18. The van der Waals surface area contributed by atoms with Gasteiger partial charge in [0, 0.05) is 24.8 Å². The minimum Gasteiger partial charge on any atom is -0.468 e. The number of piperidine rings is 1. The lowest BCUT2D eigenvalue weighted by Gasteiger charge is -2.38. The zero-order valence-electron chi connectivity index (χ0n) is 20.6. The number of ketones is 1. The average Bonchev–Trinajstić information content (AvgIpc) is 2.78. The summed E-state index contributed by atoms with van der Waals surface area (Å²) in [4.78, 5) is 52.3. The van der Waals surface area contributed by atoms with E-state index in [1.807, 2.05) is 13.8 Å². The van der Waals surface area contributed by atoms with Crippen LogP contribution in [0.3, 0.4) is 0 Å². The fourth-order valence-corrected chi connectivity index (χ4v) is 3.90. The molecule has 1 aromatic rings. The van der Waals surface area contributed by atoms with Gasteiger partial charge in [-0.3, -0.25) is 14.4 Å². The zero-order valence-corrected chi connectivity index (χ0v) is 20.6. The van der Waals surface area contributed by atoms with Crippen molar-refractivity contribution in [2.75, 3.05) is 13.7 Å². The first kappa shape index (κ1) is 28.3.